The molecule has 1 aromatic heterocycles. The quantitative estimate of drug-likeness (QED) is 0.785. The highest BCUT2D eigenvalue weighted by molar-refractivity contribution is 8.00. The van der Waals surface area contributed by atoms with Crippen molar-refractivity contribution in [2.75, 3.05) is 6.54 Å². The number of hydrogen-bond acceptors (Lipinski definition) is 5. The third-order valence-electron chi connectivity index (χ3n) is 4.97. The third-order valence-corrected chi connectivity index (χ3v) is 6.01. The SMILES string of the molecule is Cc1ccc(C)c(-n2nnnc2SC(C)C(=O)NCC2CCCCC2)c1. The highest BCUT2D eigenvalue weighted by atomic mass is 32.2. The largest absolute Gasteiger partial charge is 0.355 e. The van der Waals surface area contributed by atoms with Crippen LogP contribution in [0.25, 0.3) is 5.69 Å². The number of tetrazole rings is 1. The number of benzene rings is 1. The van der Waals surface area contributed by atoms with Crippen molar-refractivity contribution in [1.29, 1.82) is 0 Å². The summed E-state index contributed by atoms with van der Waals surface area (Å²) in [6.45, 7) is 6.77. The van der Waals surface area contributed by atoms with Gasteiger partial charge in [-0.3, -0.25) is 4.79 Å². The number of amides is 1. The molecule has 6 nitrogen and oxygen atoms in total. The molecule has 3 rings (SSSR count). The first-order chi connectivity index (χ1) is 12.5. The van der Waals surface area contributed by atoms with Crippen molar-refractivity contribution in [2.24, 2.45) is 5.92 Å². The Balaban J connectivity index is 1.62. The number of carbonyl (C=O) groups is 1. The molecule has 1 aliphatic rings. The van der Waals surface area contributed by atoms with Crippen LogP contribution in [0.15, 0.2) is 23.4 Å². The smallest absolute Gasteiger partial charge is 0.233 e. The van der Waals surface area contributed by atoms with Gasteiger partial charge >= 0.3 is 0 Å². The van der Waals surface area contributed by atoms with Crippen LogP contribution in [-0.2, 0) is 4.79 Å². The monoisotopic (exact) mass is 373 g/mol. The fourth-order valence-corrected chi connectivity index (χ4v) is 4.17. The first kappa shape index (κ1) is 18.9. The van der Waals surface area contributed by atoms with E-state index >= 15 is 0 Å². The van der Waals surface area contributed by atoms with E-state index in [-0.39, 0.29) is 11.2 Å². The Morgan fingerprint density at radius 3 is 2.85 bits per heavy atom. The minimum absolute atomic E-state index is 0.0519. The molecule has 0 bridgehead atoms. The van der Waals surface area contributed by atoms with Crippen LogP contribution < -0.4 is 5.32 Å². The Hall–Kier alpha value is -1.89. The molecule has 0 radical (unpaired) electrons. The van der Waals surface area contributed by atoms with Gasteiger partial charge in [-0.05, 0) is 67.2 Å². The summed E-state index contributed by atoms with van der Waals surface area (Å²) in [4.78, 5) is 12.5. The van der Waals surface area contributed by atoms with E-state index in [9.17, 15) is 4.79 Å². The second kappa shape index (κ2) is 8.66. The Kier molecular flexibility index (Phi) is 6.29. The normalized spacial score (nSPS) is 16.4. The van der Waals surface area contributed by atoms with Crippen LogP contribution in [0.4, 0.5) is 0 Å². The van der Waals surface area contributed by atoms with Gasteiger partial charge in [0.25, 0.3) is 0 Å². The van der Waals surface area contributed by atoms with Crippen LogP contribution in [0.1, 0.15) is 50.2 Å². The van der Waals surface area contributed by atoms with Crippen molar-refractivity contribution in [2.45, 2.75) is 63.3 Å². The average molecular weight is 374 g/mol. The van der Waals surface area contributed by atoms with Crippen molar-refractivity contribution >= 4 is 17.7 Å². The van der Waals surface area contributed by atoms with Gasteiger partial charge in [0.05, 0.1) is 10.9 Å². The molecule has 0 saturated heterocycles. The van der Waals surface area contributed by atoms with Gasteiger partial charge in [-0.25, -0.2) is 0 Å². The summed E-state index contributed by atoms with van der Waals surface area (Å²) in [7, 11) is 0. The Labute approximate surface area is 159 Å². The first-order valence-corrected chi connectivity index (χ1v) is 10.2. The lowest BCUT2D eigenvalue weighted by Crippen LogP contribution is -2.35. The van der Waals surface area contributed by atoms with Crippen molar-refractivity contribution in [3.05, 3.63) is 29.3 Å². The predicted octanol–water partition coefficient (Wildman–Crippen LogP) is 3.46. The zero-order chi connectivity index (χ0) is 18.5. The molecule has 0 spiro atoms. The van der Waals surface area contributed by atoms with E-state index < -0.39 is 0 Å². The summed E-state index contributed by atoms with van der Waals surface area (Å²) in [5.41, 5.74) is 3.20. The lowest BCUT2D eigenvalue weighted by Gasteiger charge is -2.22. The second-order valence-corrected chi connectivity index (χ2v) is 8.48. The highest BCUT2D eigenvalue weighted by Gasteiger charge is 2.21. The van der Waals surface area contributed by atoms with Gasteiger partial charge in [0.1, 0.15) is 0 Å². The molecule has 1 N–H and O–H groups in total. The molecule has 1 saturated carbocycles. The van der Waals surface area contributed by atoms with E-state index in [0.29, 0.717) is 11.1 Å². The molecule has 1 fully saturated rings. The molecule has 140 valence electrons. The summed E-state index contributed by atoms with van der Waals surface area (Å²) in [6, 6.07) is 6.18. The molecular weight excluding hydrogens is 346 g/mol. The van der Waals surface area contributed by atoms with E-state index in [1.807, 2.05) is 20.8 Å². The number of nitrogens with one attached hydrogen (secondary N) is 1. The maximum atomic E-state index is 12.5. The van der Waals surface area contributed by atoms with Crippen molar-refractivity contribution in [3.8, 4) is 5.69 Å². The number of hydrogen-bond donors (Lipinski definition) is 1. The molecule has 26 heavy (non-hydrogen) atoms. The predicted molar refractivity (Wildman–Crippen MR) is 104 cm³/mol. The number of thioether (sulfide) groups is 1. The molecule has 1 aliphatic carbocycles. The van der Waals surface area contributed by atoms with Crippen molar-refractivity contribution < 1.29 is 4.79 Å². The Morgan fingerprint density at radius 1 is 1.31 bits per heavy atom. The minimum Gasteiger partial charge on any atom is -0.355 e. The van der Waals surface area contributed by atoms with Crippen LogP contribution in [-0.4, -0.2) is 37.9 Å². The van der Waals surface area contributed by atoms with E-state index in [1.54, 1.807) is 4.68 Å². The maximum absolute atomic E-state index is 12.5. The van der Waals surface area contributed by atoms with Gasteiger partial charge in [0, 0.05) is 6.54 Å². The number of carbonyl (C=O) groups excluding carboxylic acids is 1. The van der Waals surface area contributed by atoms with E-state index in [4.69, 9.17) is 0 Å². The zero-order valence-corrected chi connectivity index (χ0v) is 16.6. The standard InChI is InChI=1S/C19H27N5OS/c1-13-9-10-14(2)17(11-13)24-19(21-22-23-24)26-15(3)18(25)20-12-16-7-5-4-6-8-16/h9-11,15-16H,4-8,12H2,1-3H3,(H,20,25). The Bertz CT molecular complexity index is 754. The van der Waals surface area contributed by atoms with E-state index in [0.717, 1.165) is 23.4 Å². The van der Waals surface area contributed by atoms with Gasteiger partial charge in [0.2, 0.25) is 11.1 Å². The molecule has 1 aromatic carbocycles. The fraction of sp³-hybridized carbons (Fsp3) is 0.579. The van der Waals surface area contributed by atoms with Gasteiger partial charge < -0.3 is 5.32 Å². The summed E-state index contributed by atoms with van der Waals surface area (Å²) >= 11 is 1.40. The summed E-state index contributed by atoms with van der Waals surface area (Å²) in [6.07, 6.45) is 6.36. The highest BCUT2D eigenvalue weighted by Crippen LogP contribution is 2.26. The number of nitrogens with zero attached hydrogens (tertiary/aromatic N) is 4. The minimum atomic E-state index is -0.242. The molecule has 1 heterocycles. The number of aryl methyl sites for hydroxylation is 2. The molecule has 7 heteroatoms. The van der Waals surface area contributed by atoms with Gasteiger partial charge in [-0.15, -0.1) is 5.10 Å². The van der Waals surface area contributed by atoms with E-state index in [1.165, 1.54) is 43.9 Å². The molecule has 2 aromatic rings. The third kappa shape index (κ3) is 4.63. The topological polar surface area (TPSA) is 72.7 Å². The maximum Gasteiger partial charge on any atom is 0.233 e. The molecular formula is C19H27N5OS. The lowest BCUT2D eigenvalue weighted by atomic mass is 9.89. The molecule has 1 unspecified atom stereocenters. The van der Waals surface area contributed by atoms with Crippen molar-refractivity contribution in [1.82, 2.24) is 25.5 Å². The average Bonchev–Trinajstić information content (AvgIpc) is 3.10. The summed E-state index contributed by atoms with van der Waals surface area (Å²) < 4.78 is 1.72. The van der Waals surface area contributed by atoms with E-state index in [2.05, 4.69) is 39.0 Å². The van der Waals surface area contributed by atoms with Crippen molar-refractivity contribution in [3.63, 3.8) is 0 Å². The van der Waals surface area contributed by atoms with Gasteiger partial charge in [-0.1, -0.05) is 43.2 Å². The zero-order valence-electron chi connectivity index (χ0n) is 15.7. The Morgan fingerprint density at radius 2 is 2.08 bits per heavy atom. The summed E-state index contributed by atoms with van der Waals surface area (Å²) in [5.74, 6) is 0.682. The second-order valence-electron chi connectivity index (χ2n) is 7.17. The van der Waals surface area contributed by atoms with Gasteiger partial charge in [-0.2, -0.15) is 4.68 Å². The van der Waals surface area contributed by atoms with Crippen LogP contribution in [0, 0.1) is 19.8 Å². The van der Waals surface area contributed by atoms with Crippen LogP contribution in [0.2, 0.25) is 0 Å². The molecule has 0 aliphatic heterocycles. The lowest BCUT2D eigenvalue weighted by molar-refractivity contribution is -0.120. The summed E-state index contributed by atoms with van der Waals surface area (Å²) in [5, 5.41) is 15.6. The van der Waals surface area contributed by atoms with Crippen LogP contribution in [0.5, 0.6) is 0 Å². The van der Waals surface area contributed by atoms with Gasteiger partial charge in [0.15, 0.2) is 0 Å². The molecule has 1 atom stereocenters. The molecule has 1 amide bonds. The number of rotatable bonds is 6. The first-order valence-electron chi connectivity index (χ1n) is 9.35. The van der Waals surface area contributed by atoms with Crippen LogP contribution in [0.3, 0.4) is 0 Å². The van der Waals surface area contributed by atoms with Crippen LogP contribution >= 0.6 is 11.8 Å². The number of aromatic nitrogens is 4. The fourth-order valence-electron chi connectivity index (χ4n) is 3.34.